The summed E-state index contributed by atoms with van der Waals surface area (Å²) in [5.74, 6) is 0.286. The fourth-order valence-electron chi connectivity index (χ4n) is 1.77. The first kappa shape index (κ1) is 14.1. The Morgan fingerprint density at radius 1 is 1.05 bits per heavy atom. The predicted molar refractivity (Wildman–Crippen MR) is 80.7 cm³/mol. The summed E-state index contributed by atoms with van der Waals surface area (Å²) in [7, 11) is 0. The largest absolute Gasteiger partial charge is 0.411 e. The van der Waals surface area contributed by atoms with Gasteiger partial charge in [-0.05, 0) is 17.7 Å². The zero-order valence-corrected chi connectivity index (χ0v) is 12.4. The van der Waals surface area contributed by atoms with Gasteiger partial charge in [0.05, 0.1) is 10.6 Å². The van der Waals surface area contributed by atoms with Crippen molar-refractivity contribution in [3.63, 3.8) is 0 Å². The van der Waals surface area contributed by atoms with Gasteiger partial charge in [0.2, 0.25) is 0 Å². The molecule has 0 amide bonds. The summed E-state index contributed by atoms with van der Waals surface area (Å²) in [6.45, 7) is 0. The lowest BCUT2D eigenvalue weighted by atomic mass is 10.2. The molecular weight excluding hydrogens is 311 g/mol. The predicted octanol–water partition coefficient (Wildman–Crippen LogP) is 4.82. The molecule has 0 aliphatic carbocycles. The normalized spacial score (nSPS) is 10.8. The maximum Gasteiger partial charge on any atom is 0.277 e. The molecule has 0 unspecified atom stereocenters. The molecule has 1 heterocycles. The molecule has 0 radical (unpaired) electrons. The second-order valence-corrected chi connectivity index (χ2v) is 5.58. The van der Waals surface area contributed by atoms with Crippen molar-refractivity contribution in [1.82, 2.24) is 10.2 Å². The third kappa shape index (κ3) is 3.25. The van der Waals surface area contributed by atoms with Crippen LogP contribution in [0.4, 0.5) is 4.39 Å². The van der Waals surface area contributed by atoms with Crippen molar-refractivity contribution in [2.75, 3.05) is 0 Å². The number of thioether (sulfide) groups is 1. The minimum atomic E-state index is -0.553. The zero-order chi connectivity index (χ0) is 14.7. The number of hydrogen-bond acceptors (Lipinski definition) is 4. The monoisotopic (exact) mass is 320 g/mol. The molecule has 106 valence electrons. The van der Waals surface area contributed by atoms with Crippen molar-refractivity contribution >= 4 is 23.4 Å². The van der Waals surface area contributed by atoms with E-state index < -0.39 is 5.82 Å². The van der Waals surface area contributed by atoms with Crippen LogP contribution in [0.1, 0.15) is 5.56 Å². The minimum absolute atomic E-state index is 0.0317. The van der Waals surface area contributed by atoms with Crippen LogP contribution < -0.4 is 0 Å². The van der Waals surface area contributed by atoms with E-state index in [1.807, 2.05) is 30.3 Å². The van der Waals surface area contributed by atoms with E-state index in [1.54, 1.807) is 12.1 Å². The molecule has 21 heavy (non-hydrogen) atoms. The van der Waals surface area contributed by atoms with E-state index >= 15 is 0 Å². The maximum atomic E-state index is 13.9. The van der Waals surface area contributed by atoms with Crippen LogP contribution in [-0.4, -0.2) is 10.2 Å². The first-order valence-electron chi connectivity index (χ1n) is 6.18. The van der Waals surface area contributed by atoms with E-state index in [0.29, 0.717) is 11.0 Å². The van der Waals surface area contributed by atoms with E-state index in [1.165, 1.54) is 17.8 Å². The second kappa shape index (κ2) is 6.28. The van der Waals surface area contributed by atoms with Crippen LogP contribution in [0.2, 0.25) is 5.02 Å². The molecule has 0 aliphatic heterocycles. The molecule has 2 aromatic carbocycles. The van der Waals surface area contributed by atoms with Gasteiger partial charge in [0.15, 0.2) is 5.82 Å². The van der Waals surface area contributed by atoms with E-state index in [4.69, 9.17) is 16.0 Å². The topological polar surface area (TPSA) is 38.9 Å². The van der Waals surface area contributed by atoms with Crippen LogP contribution >= 0.6 is 23.4 Å². The van der Waals surface area contributed by atoms with E-state index in [0.717, 1.165) is 5.56 Å². The van der Waals surface area contributed by atoms with Crippen molar-refractivity contribution in [3.05, 3.63) is 64.9 Å². The first-order chi connectivity index (χ1) is 10.2. The van der Waals surface area contributed by atoms with E-state index in [9.17, 15) is 4.39 Å². The lowest BCUT2D eigenvalue weighted by Gasteiger charge is -1.99. The van der Waals surface area contributed by atoms with Gasteiger partial charge in [-0.1, -0.05) is 59.8 Å². The minimum Gasteiger partial charge on any atom is -0.411 e. The van der Waals surface area contributed by atoms with Crippen molar-refractivity contribution in [2.45, 2.75) is 11.0 Å². The third-order valence-electron chi connectivity index (χ3n) is 2.79. The van der Waals surface area contributed by atoms with Crippen LogP contribution in [0.3, 0.4) is 0 Å². The van der Waals surface area contributed by atoms with Crippen LogP contribution in [0.15, 0.2) is 58.2 Å². The van der Waals surface area contributed by atoms with Gasteiger partial charge in [-0.15, -0.1) is 10.2 Å². The molecule has 3 nitrogen and oxygen atoms in total. The Kier molecular flexibility index (Phi) is 4.22. The molecule has 0 atom stereocenters. The zero-order valence-electron chi connectivity index (χ0n) is 10.8. The third-order valence-corrected chi connectivity index (χ3v) is 3.98. The highest BCUT2D eigenvalue weighted by molar-refractivity contribution is 7.98. The number of halogens is 2. The van der Waals surface area contributed by atoms with Gasteiger partial charge < -0.3 is 4.42 Å². The Bertz CT molecular complexity index is 748. The van der Waals surface area contributed by atoms with Gasteiger partial charge in [0.1, 0.15) is 0 Å². The molecule has 0 aliphatic rings. The molecule has 3 aromatic rings. The average molecular weight is 321 g/mol. The fraction of sp³-hybridized carbons (Fsp3) is 0.0667. The van der Waals surface area contributed by atoms with Gasteiger partial charge in [-0.3, -0.25) is 0 Å². The highest BCUT2D eigenvalue weighted by atomic mass is 35.5. The van der Waals surface area contributed by atoms with Crippen molar-refractivity contribution in [2.24, 2.45) is 0 Å². The molecule has 0 spiro atoms. The number of hydrogen-bond donors (Lipinski definition) is 0. The lowest BCUT2D eigenvalue weighted by Crippen LogP contribution is -1.85. The maximum absolute atomic E-state index is 13.9. The number of aromatic nitrogens is 2. The summed E-state index contributed by atoms with van der Waals surface area (Å²) in [4.78, 5) is 0. The molecule has 3 rings (SSSR count). The Morgan fingerprint density at radius 3 is 2.67 bits per heavy atom. The molecule has 1 aromatic heterocycles. The van der Waals surface area contributed by atoms with Crippen molar-refractivity contribution < 1.29 is 8.81 Å². The molecule has 0 bridgehead atoms. The van der Waals surface area contributed by atoms with Crippen molar-refractivity contribution in [3.8, 4) is 11.5 Å². The van der Waals surface area contributed by atoms with E-state index in [2.05, 4.69) is 10.2 Å². The molecule has 0 N–H and O–H groups in total. The Hall–Kier alpha value is -1.85. The SMILES string of the molecule is Fc1c(Cl)cccc1-c1nnc(SCc2ccccc2)o1. The summed E-state index contributed by atoms with van der Waals surface area (Å²) < 4.78 is 19.4. The molecular formula is C15H10ClFN2OS. The fourth-order valence-corrected chi connectivity index (χ4v) is 2.66. The number of rotatable bonds is 4. The van der Waals surface area contributed by atoms with E-state index in [-0.39, 0.29) is 16.5 Å². The molecule has 0 fully saturated rings. The van der Waals surface area contributed by atoms with Gasteiger partial charge in [0, 0.05) is 5.75 Å². The average Bonchev–Trinajstić information content (AvgIpc) is 2.98. The summed E-state index contributed by atoms with van der Waals surface area (Å²) in [6, 6.07) is 14.6. The van der Waals surface area contributed by atoms with Crippen LogP contribution in [0.5, 0.6) is 0 Å². The van der Waals surface area contributed by atoms with Crippen LogP contribution in [0, 0.1) is 5.82 Å². The van der Waals surface area contributed by atoms with Crippen LogP contribution in [-0.2, 0) is 5.75 Å². The standard InChI is InChI=1S/C15H10ClFN2OS/c16-12-8-4-7-11(13(12)17)14-18-19-15(20-14)21-9-10-5-2-1-3-6-10/h1-8H,9H2. The van der Waals surface area contributed by atoms with Gasteiger partial charge in [-0.25, -0.2) is 4.39 Å². The summed E-state index contributed by atoms with van der Waals surface area (Å²) in [6.07, 6.45) is 0. The highest BCUT2D eigenvalue weighted by Gasteiger charge is 2.15. The molecule has 0 saturated carbocycles. The number of nitrogens with zero attached hydrogens (tertiary/aromatic N) is 2. The Labute approximate surface area is 130 Å². The second-order valence-electron chi connectivity index (χ2n) is 4.25. The Morgan fingerprint density at radius 2 is 1.86 bits per heavy atom. The molecule has 0 saturated heterocycles. The molecule has 6 heteroatoms. The van der Waals surface area contributed by atoms with Gasteiger partial charge >= 0.3 is 0 Å². The summed E-state index contributed by atoms with van der Waals surface area (Å²) in [5.41, 5.74) is 1.36. The summed E-state index contributed by atoms with van der Waals surface area (Å²) in [5, 5.41) is 8.21. The van der Waals surface area contributed by atoms with Crippen molar-refractivity contribution in [1.29, 1.82) is 0 Å². The lowest BCUT2D eigenvalue weighted by molar-refractivity contribution is 0.463. The summed E-state index contributed by atoms with van der Waals surface area (Å²) >= 11 is 7.15. The first-order valence-corrected chi connectivity index (χ1v) is 7.55. The van der Waals surface area contributed by atoms with Gasteiger partial charge in [0.25, 0.3) is 11.1 Å². The van der Waals surface area contributed by atoms with Crippen LogP contribution in [0.25, 0.3) is 11.5 Å². The van der Waals surface area contributed by atoms with Gasteiger partial charge in [-0.2, -0.15) is 0 Å². The smallest absolute Gasteiger partial charge is 0.277 e. The quantitative estimate of drug-likeness (QED) is 0.646. The Balaban J connectivity index is 1.76. The highest BCUT2D eigenvalue weighted by Crippen LogP contribution is 2.29. The number of benzene rings is 2.